The Balaban J connectivity index is 1.85. The van der Waals surface area contributed by atoms with E-state index in [4.69, 9.17) is 5.11 Å². The third kappa shape index (κ3) is 5.80. The number of hydrogen-bond acceptors (Lipinski definition) is 3. The van der Waals surface area contributed by atoms with Crippen LogP contribution in [0.2, 0.25) is 0 Å². The molecule has 1 saturated heterocycles. The number of carbonyl (C=O) groups is 1. The van der Waals surface area contributed by atoms with Gasteiger partial charge in [0.05, 0.1) is 6.04 Å². The molecule has 2 atom stereocenters. The topological polar surface area (TPSA) is 64.6 Å². The lowest BCUT2D eigenvalue weighted by Gasteiger charge is -2.35. The molecule has 1 aliphatic rings. The van der Waals surface area contributed by atoms with E-state index >= 15 is 0 Å². The molecule has 5 nitrogen and oxygen atoms in total. The number of piperidine rings is 1. The predicted octanol–water partition coefficient (Wildman–Crippen LogP) is 2.67. The van der Waals surface area contributed by atoms with E-state index in [9.17, 15) is 4.79 Å². The summed E-state index contributed by atoms with van der Waals surface area (Å²) in [5.74, 6) is 0. The minimum absolute atomic E-state index is 0.0630. The Morgan fingerprint density at radius 1 is 1.33 bits per heavy atom. The Kier molecular flexibility index (Phi) is 8.05. The zero-order valence-corrected chi connectivity index (χ0v) is 14.7. The number of aliphatic hydroxyl groups is 1. The molecule has 3 N–H and O–H groups in total. The number of amides is 2. The SMILES string of the molecule is CCN1CCCCC1CNC(=O)NC(CCCO)c1ccccc1. The van der Waals surface area contributed by atoms with Crippen molar-refractivity contribution in [1.29, 1.82) is 0 Å². The zero-order chi connectivity index (χ0) is 17.2. The molecule has 0 saturated carbocycles. The van der Waals surface area contributed by atoms with Crippen LogP contribution in [0.25, 0.3) is 0 Å². The van der Waals surface area contributed by atoms with E-state index in [0.29, 0.717) is 19.0 Å². The summed E-state index contributed by atoms with van der Waals surface area (Å²) in [6.07, 6.45) is 5.06. The predicted molar refractivity (Wildman–Crippen MR) is 96.9 cm³/mol. The van der Waals surface area contributed by atoms with Gasteiger partial charge in [0.2, 0.25) is 0 Å². The number of aliphatic hydroxyl groups excluding tert-OH is 1. The summed E-state index contributed by atoms with van der Waals surface area (Å²) in [5.41, 5.74) is 1.08. The highest BCUT2D eigenvalue weighted by Gasteiger charge is 2.22. The van der Waals surface area contributed by atoms with Gasteiger partial charge in [-0.05, 0) is 44.3 Å². The normalized spacial score (nSPS) is 19.7. The molecule has 5 heteroatoms. The van der Waals surface area contributed by atoms with Gasteiger partial charge in [0.25, 0.3) is 0 Å². The quantitative estimate of drug-likeness (QED) is 0.685. The smallest absolute Gasteiger partial charge is 0.315 e. The highest BCUT2D eigenvalue weighted by molar-refractivity contribution is 5.74. The van der Waals surface area contributed by atoms with Gasteiger partial charge in [0, 0.05) is 19.2 Å². The molecule has 0 spiro atoms. The first kappa shape index (κ1) is 18.7. The molecule has 1 aromatic rings. The number of benzene rings is 1. The van der Waals surface area contributed by atoms with Crippen LogP contribution in [0.4, 0.5) is 4.79 Å². The second-order valence-electron chi connectivity index (χ2n) is 6.46. The van der Waals surface area contributed by atoms with E-state index in [1.165, 1.54) is 12.8 Å². The molecule has 1 fully saturated rings. The first-order valence-corrected chi connectivity index (χ1v) is 9.18. The number of rotatable bonds is 8. The van der Waals surface area contributed by atoms with Crippen molar-refractivity contribution in [2.45, 2.75) is 51.1 Å². The number of nitrogens with zero attached hydrogens (tertiary/aromatic N) is 1. The Morgan fingerprint density at radius 2 is 2.12 bits per heavy atom. The number of carbonyl (C=O) groups excluding carboxylic acids is 1. The molecule has 1 aliphatic heterocycles. The van der Waals surface area contributed by atoms with Crippen molar-refractivity contribution in [3.63, 3.8) is 0 Å². The molecule has 0 aliphatic carbocycles. The Morgan fingerprint density at radius 3 is 2.83 bits per heavy atom. The van der Waals surface area contributed by atoms with Crippen LogP contribution in [0, 0.1) is 0 Å². The number of likely N-dealkylation sites (tertiary alicyclic amines) is 1. The van der Waals surface area contributed by atoms with Crippen molar-refractivity contribution < 1.29 is 9.90 Å². The minimum Gasteiger partial charge on any atom is -0.396 e. The standard InChI is InChI=1S/C19H31N3O2/c1-2-22-13-7-6-11-17(22)15-20-19(24)21-18(12-8-14-23)16-9-4-3-5-10-16/h3-5,9-10,17-18,23H,2,6-8,11-15H2,1H3,(H2,20,21,24). The van der Waals surface area contributed by atoms with Crippen LogP contribution in [0.15, 0.2) is 30.3 Å². The average Bonchev–Trinajstić information content (AvgIpc) is 2.64. The number of nitrogens with one attached hydrogen (secondary N) is 2. The maximum Gasteiger partial charge on any atom is 0.315 e. The van der Waals surface area contributed by atoms with Crippen LogP contribution in [0.3, 0.4) is 0 Å². The van der Waals surface area contributed by atoms with E-state index in [-0.39, 0.29) is 18.7 Å². The molecule has 0 radical (unpaired) electrons. The van der Waals surface area contributed by atoms with Gasteiger partial charge in [-0.1, -0.05) is 43.7 Å². The second-order valence-corrected chi connectivity index (χ2v) is 6.46. The summed E-state index contributed by atoms with van der Waals surface area (Å²) >= 11 is 0. The Hall–Kier alpha value is -1.59. The largest absolute Gasteiger partial charge is 0.396 e. The van der Waals surface area contributed by atoms with Crippen LogP contribution < -0.4 is 10.6 Å². The molecule has 0 aromatic heterocycles. The van der Waals surface area contributed by atoms with Gasteiger partial charge in [-0.25, -0.2) is 4.79 Å². The Bertz CT molecular complexity index is 481. The third-order valence-electron chi connectivity index (χ3n) is 4.81. The summed E-state index contributed by atoms with van der Waals surface area (Å²) in [7, 11) is 0. The van der Waals surface area contributed by atoms with Crippen molar-refractivity contribution in [2.75, 3.05) is 26.2 Å². The molecule has 1 aromatic carbocycles. The first-order valence-electron chi connectivity index (χ1n) is 9.18. The van der Waals surface area contributed by atoms with Gasteiger partial charge >= 0.3 is 6.03 Å². The number of likely N-dealkylation sites (N-methyl/N-ethyl adjacent to an activating group) is 1. The van der Waals surface area contributed by atoms with Gasteiger partial charge < -0.3 is 15.7 Å². The molecule has 2 rings (SSSR count). The maximum absolute atomic E-state index is 12.3. The lowest BCUT2D eigenvalue weighted by atomic mass is 10.0. The van der Waals surface area contributed by atoms with Crippen LogP contribution >= 0.6 is 0 Å². The average molecular weight is 333 g/mol. The fourth-order valence-electron chi connectivity index (χ4n) is 3.43. The van der Waals surface area contributed by atoms with Crippen molar-refractivity contribution in [1.82, 2.24) is 15.5 Å². The summed E-state index contributed by atoms with van der Waals surface area (Å²) in [6, 6.07) is 10.2. The Labute approximate surface area is 145 Å². The van der Waals surface area contributed by atoms with Crippen LogP contribution in [0.1, 0.15) is 50.6 Å². The van der Waals surface area contributed by atoms with E-state index in [2.05, 4.69) is 22.5 Å². The molecule has 0 bridgehead atoms. The van der Waals surface area contributed by atoms with Crippen molar-refractivity contribution in [3.8, 4) is 0 Å². The van der Waals surface area contributed by atoms with Gasteiger partial charge in [-0.15, -0.1) is 0 Å². The van der Waals surface area contributed by atoms with Gasteiger partial charge in [0.1, 0.15) is 0 Å². The maximum atomic E-state index is 12.3. The van der Waals surface area contributed by atoms with Crippen LogP contribution in [0.5, 0.6) is 0 Å². The number of urea groups is 1. The summed E-state index contributed by atoms with van der Waals surface area (Å²) in [4.78, 5) is 14.8. The molecule has 134 valence electrons. The second kappa shape index (κ2) is 10.3. The zero-order valence-electron chi connectivity index (χ0n) is 14.7. The fourth-order valence-corrected chi connectivity index (χ4v) is 3.43. The summed E-state index contributed by atoms with van der Waals surface area (Å²) in [6.45, 7) is 5.19. The molecular weight excluding hydrogens is 302 g/mol. The van der Waals surface area contributed by atoms with Crippen molar-refractivity contribution in [2.24, 2.45) is 0 Å². The number of hydrogen-bond donors (Lipinski definition) is 3. The molecule has 24 heavy (non-hydrogen) atoms. The van der Waals surface area contributed by atoms with E-state index in [1.54, 1.807) is 0 Å². The lowest BCUT2D eigenvalue weighted by molar-refractivity contribution is 0.153. The first-order chi connectivity index (χ1) is 11.7. The van der Waals surface area contributed by atoms with Crippen molar-refractivity contribution >= 4 is 6.03 Å². The minimum atomic E-state index is -0.122. The molecule has 2 unspecified atom stereocenters. The van der Waals surface area contributed by atoms with E-state index in [0.717, 1.165) is 31.5 Å². The van der Waals surface area contributed by atoms with Gasteiger partial charge in [-0.2, -0.15) is 0 Å². The molecule has 2 amide bonds. The van der Waals surface area contributed by atoms with Gasteiger partial charge in [0.15, 0.2) is 0 Å². The van der Waals surface area contributed by atoms with Crippen molar-refractivity contribution in [3.05, 3.63) is 35.9 Å². The van der Waals surface area contributed by atoms with Crippen LogP contribution in [-0.4, -0.2) is 48.3 Å². The van der Waals surface area contributed by atoms with E-state index < -0.39 is 0 Å². The fraction of sp³-hybridized carbons (Fsp3) is 0.632. The highest BCUT2D eigenvalue weighted by Crippen LogP contribution is 2.18. The van der Waals surface area contributed by atoms with Crippen LogP contribution in [-0.2, 0) is 0 Å². The summed E-state index contributed by atoms with van der Waals surface area (Å²) in [5, 5.41) is 15.2. The lowest BCUT2D eigenvalue weighted by Crippen LogP contribution is -2.48. The van der Waals surface area contributed by atoms with Gasteiger partial charge in [-0.3, -0.25) is 4.90 Å². The molecular formula is C19H31N3O2. The van der Waals surface area contributed by atoms with E-state index in [1.807, 2.05) is 30.3 Å². The summed E-state index contributed by atoms with van der Waals surface area (Å²) < 4.78 is 0. The monoisotopic (exact) mass is 333 g/mol. The third-order valence-corrected chi connectivity index (χ3v) is 4.81. The molecule has 1 heterocycles. The highest BCUT2D eigenvalue weighted by atomic mass is 16.3.